The minimum atomic E-state index is -0.316. The predicted octanol–water partition coefficient (Wildman–Crippen LogP) is 3.53. The molecule has 1 saturated heterocycles. The van der Waals surface area contributed by atoms with Crippen LogP contribution in [-0.2, 0) is 6.54 Å². The fraction of sp³-hybridized carbons (Fsp3) is 0.368. The molecule has 1 aliphatic heterocycles. The molecule has 0 unspecified atom stereocenters. The number of nitrogens with one attached hydrogen (secondary N) is 1. The Morgan fingerprint density at radius 1 is 1.04 bits per heavy atom. The molecule has 24 heavy (non-hydrogen) atoms. The Labute approximate surface area is 141 Å². The Kier molecular flexibility index (Phi) is 5.41. The Hall–Kier alpha value is -2.43. The van der Waals surface area contributed by atoms with Gasteiger partial charge in [0.2, 0.25) is 0 Å². The first-order valence-electron chi connectivity index (χ1n) is 8.47. The number of anilines is 1. The second kappa shape index (κ2) is 7.90. The van der Waals surface area contributed by atoms with E-state index in [9.17, 15) is 9.18 Å². The maximum Gasteiger partial charge on any atom is 0.270 e. The van der Waals surface area contributed by atoms with Crippen molar-refractivity contribution in [3.8, 4) is 0 Å². The lowest BCUT2D eigenvalue weighted by Crippen LogP contribution is -2.27. The topological polar surface area (TPSA) is 45.2 Å². The smallest absolute Gasteiger partial charge is 0.270 e. The van der Waals surface area contributed by atoms with E-state index in [2.05, 4.69) is 15.2 Å². The number of pyridine rings is 1. The average Bonchev–Trinajstić information content (AvgIpc) is 2.90. The summed E-state index contributed by atoms with van der Waals surface area (Å²) in [5.74, 6) is 0.245. The second-order valence-corrected chi connectivity index (χ2v) is 6.06. The van der Waals surface area contributed by atoms with Crippen molar-refractivity contribution >= 4 is 11.7 Å². The molecule has 0 spiro atoms. The van der Waals surface area contributed by atoms with Gasteiger partial charge in [-0.2, -0.15) is 0 Å². The molecule has 2 aromatic rings. The molecule has 0 aliphatic carbocycles. The van der Waals surface area contributed by atoms with Crippen molar-refractivity contribution in [2.24, 2.45) is 0 Å². The number of rotatable bonds is 4. The van der Waals surface area contributed by atoms with E-state index in [1.54, 1.807) is 24.3 Å². The molecule has 4 nitrogen and oxygen atoms in total. The largest absolute Gasteiger partial charge is 0.357 e. The summed E-state index contributed by atoms with van der Waals surface area (Å²) < 4.78 is 13.6. The van der Waals surface area contributed by atoms with Crippen molar-refractivity contribution in [1.29, 1.82) is 0 Å². The number of carbonyl (C=O) groups is 1. The van der Waals surface area contributed by atoms with Crippen molar-refractivity contribution in [2.75, 3.05) is 18.0 Å². The van der Waals surface area contributed by atoms with Gasteiger partial charge in [0.15, 0.2) is 0 Å². The molecular formula is C19H22FN3O. The van der Waals surface area contributed by atoms with Gasteiger partial charge in [-0.15, -0.1) is 0 Å². The summed E-state index contributed by atoms with van der Waals surface area (Å²) in [6.45, 7) is 2.11. The van der Waals surface area contributed by atoms with Crippen molar-refractivity contribution in [1.82, 2.24) is 10.3 Å². The van der Waals surface area contributed by atoms with Gasteiger partial charge in [0.25, 0.3) is 5.91 Å². The summed E-state index contributed by atoms with van der Waals surface area (Å²) in [4.78, 5) is 19.0. The molecule has 1 fully saturated rings. The second-order valence-electron chi connectivity index (χ2n) is 6.06. The molecule has 1 amide bonds. The molecule has 1 aromatic carbocycles. The van der Waals surface area contributed by atoms with E-state index < -0.39 is 0 Å². The summed E-state index contributed by atoms with van der Waals surface area (Å²) in [7, 11) is 0. The highest BCUT2D eigenvalue weighted by molar-refractivity contribution is 5.92. The quantitative estimate of drug-likeness (QED) is 0.934. The van der Waals surface area contributed by atoms with Gasteiger partial charge in [-0.3, -0.25) is 4.79 Å². The van der Waals surface area contributed by atoms with Crippen LogP contribution in [0.5, 0.6) is 0 Å². The molecular weight excluding hydrogens is 305 g/mol. The van der Waals surface area contributed by atoms with Crippen LogP contribution < -0.4 is 10.2 Å². The number of aromatic nitrogens is 1. The summed E-state index contributed by atoms with van der Waals surface area (Å²) >= 11 is 0. The maximum absolute atomic E-state index is 13.6. The van der Waals surface area contributed by atoms with Crippen LogP contribution in [0.15, 0.2) is 42.5 Å². The van der Waals surface area contributed by atoms with Crippen LogP contribution in [0.3, 0.4) is 0 Å². The molecule has 1 N–H and O–H groups in total. The highest BCUT2D eigenvalue weighted by atomic mass is 19.1. The van der Waals surface area contributed by atoms with Gasteiger partial charge in [-0.25, -0.2) is 9.37 Å². The molecule has 3 rings (SSSR count). The Balaban J connectivity index is 1.66. The maximum atomic E-state index is 13.6. The van der Waals surface area contributed by atoms with Gasteiger partial charge in [-0.05, 0) is 31.0 Å². The fourth-order valence-corrected chi connectivity index (χ4v) is 2.93. The van der Waals surface area contributed by atoms with E-state index in [-0.39, 0.29) is 18.3 Å². The standard InChI is InChI=1S/C19H22FN3O/c20-16-9-4-3-8-15(16)14-21-19(24)17-10-7-11-18(22-17)23-12-5-1-2-6-13-23/h3-4,7-11H,1-2,5-6,12-14H2,(H,21,24). The average molecular weight is 327 g/mol. The third kappa shape index (κ3) is 4.10. The van der Waals surface area contributed by atoms with Crippen LogP contribution in [-0.4, -0.2) is 24.0 Å². The lowest BCUT2D eigenvalue weighted by atomic mass is 10.2. The monoisotopic (exact) mass is 327 g/mol. The number of halogens is 1. The van der Waals surface area contributed by atoms with E-state index in [0.717, 1.165) is 31.7 Å². The van der Waals surface area contributed by atoms with Crippen LogP contribution in [0.4, 0.5) is 10.2 Å². The van der Waals surface area contributed by atoms with Crippen LogP contribution in [0.2, 0.25) is 0 Å². The molecule has 0 radical (unpaired) electrons. The summed E-state index contributed by atoms with van der Waals surface area (Å²) in [6.07, 6.45) is 4.81. The van der Waals surface area contributed by atoms with Crippen molar-refractivity contribution in [3.05, 3.63) is 59.5 Å². The zero-order valence-corrected chi connectivity index (χ0v) is 13.7. The number of amides is 1. The molecule has 1 aliphatic rings. The van der Waals surface area contributed by atoms with E-state index in [4.69, 9.17) is 0 Å². The lowest BCUT2D eigenvalue weighted by Gasteiger charge is -2.21. The van der Waals surface area contributed by atoms with Gasteiger partial charge in [0.1, 0.15) is 17.3 Å². The molecule has 1 aromatic heterocycles. The third-order valence-corrected chi connectivity index (χ3v) is 4.29. The Morgan fingerprint density at radius 2 is 1.79 bits per heavy atom. The van der Waals surface area contributed by atoms with Crippen LogP contribution >= 0.6 is 0 Å². The molecule has 5 heteroatoms. The summed E-state index contributed by atoms with van der Waals surface area (Å²) in [5, 5.41) is 2.74. The van der Waals surface area contributed by atoms with Gasteiger partial charge in [0.05, 0.1) is 0 Å². The highest BCUT2D eigenvalue weighted by Crippen LogP contribution is 2.17. The van der Waals surface area contributed by atoms with Crippen molar-refractivity contribution in [3.63, 3.8) is 0 Å². The van der Waals surface area contributed by atoms with E-state index in [1.165, 1.54) is 18.9 Å². The summed E-state index contributed by atoms with van der Waals surface area (Å²) in [6, 6.07) is 11.9. The van der Waals surface area contributed by atoms with E-state index >= 15 is 0 Å². The molecule has 2 heterocycles. The SMILES string of the molecule is O=C(NCc1ccccc1F)c1cccc(N2CCCCCC2)n1. The van der Waals surface area contributed by atoms with E-state index in [0.29, 0.717) is 11.3 Å². The molecule has 126 valence electrons. The number of hydrogen-bond acceptors (Lipinski definition) is 3. The van der Waals surface area contributed by atoms with Gasteiger partial charge < -0.3 is 10.2 Å². The van der Waals surface area contributed by atoms with Gasteiger partial charge in [-0.1, -0.05) is 37.1 Å². The third-order valence-electron chi connectivity index (χ3n) is 4.29. The minimum Gasteiger partial charge on any atom is -0.357 e. The Morgan fingerprint density at radius 3 is 2.54 bits per heavy atom. The Bertz CT molecular complexity index is 697. The number of hydrogen-bond donors (Lipinski definition) is 1. The number of nitrogens with zero attached hydrogens (tertiary/aromatic N) is 2. The lowest BCUT2D eigenvalue weighted by molar-refractivity contribution is 0.0945. The van der Waals surface area contributed by atoms with E-state index in [1.807, 2.05) is 12.1 Å². The zero-order valence-electron chi connectivity index (χ0n) is 13.7. The minimum absolute atomic E-state index is 0.154. The first-order chi connectivity index (χ1) is 11.7. The number of carbonyl (C=O) groups excluding carboxylic acids is 1. The van der Waals surface area contributed by atoms with Crippen LogP contribution in [0.1, 0.15) is 41.7 Å². The molecule has 0 atom stereocenters. The van der Waals surface area contributed by atoms with Gasteiger partial charge in [0, 0.05) is 25.2 Å². The molecule has 0 saturated carbocycles. The van der Waals surface area contributed by atoms with Crippen LogP contribution in [0.25, 0.3) is 0 Å². The summed E-state index contributed by atoms with van der Waals surface area (Å²) in [5.41, 5.74) is 0.836. The fourth-order valence-electron chi connectivity index (χ4n) is 2.93. The number of benzene rings is 1. The molecule has 0 bridgehead atoms. The van der Waals surface area contributed by atoms with Crippen LogP contribution in [0, 0.1) is 5.82 Å². The van der Waals surface area contributed by atoms with Crippen molar-refractivity contribution < 1.29 is 9.18 Å². The van der Waals surface area contributed by atoms with Gasteiger partial charge >= 0.3 is 0 Å². The highest BCUT2D eigenvalue weighted by Gasteiger charge is 2.14. The normalized spacial score (nSPS) is 15.0. The zero-order chi connectivity index (χ0) is 16.8. The van der Waals surface area contributed by atoms with Crippen molar-refractivity contribution in [2.45, 2.75) is 32.2 Å². The first kappa shape index (κ1) is 16.4. The predicted molar refractivity (Wildman–Crippen MR) is 92.5 cm³/mol. The first-order valence-corrected chi connectivity index (χ1v) is 8.47.